The lowest BCUT2D eigenvalue weighted by Gasteiger charge is -2.24. The first-order valence-electron chi connectivity index (χ1n) is 8.01. The van der Waals surface area contributed by atoms with E-state index in [1.165, 1.54) is 12.1 Å². The van der Waals surface area contributed by atoms with Crippen molar-refractivity contribution in [1.82, 2.24) is 0 Å². The third-order valence-electron chi connectivity index (χ3n) is 3.96. The molecule has 3 N–H and O–H groups in total. The number of benzene rings is 2. The number of aliphatic imine (C=N–C) groups is 1. The largest absolute Gasteiger partial charge is 0.493 e. The lowest BCUT2D eigenvalue weighted by Crippen LogP contribution is -2.28. The van der Waals surface area contributed by atoms with Gasteiger partial charge in [-0.25, -0.2) is 4.39 Å². The first-order chi connectivity index (χ1) is 12.3. The summed E-state index contributed by atoms with van der Waals surface area (Å²) < 4.78 is 23.7. The highest BCUT2D eigenvalue weighted by Gasteiger charge is 2.23. The van der Waals surface area contributed by atoms with Gasteiger partial charge in [0, 0.05) is 22.2 Å². The fourth-order valence-corrected chi connectivity index (χ4v) is 2.93. The van der Waals surface area contributed by atoms with Crippen LogP contribution in [0, 0.1) is 5.82 Å². The van der Waals surface area contributed by atoms with Crippen molar-refractivity contribution >= 4 is 47.2 Å². The Morgan fingerprint density at radius 1 is 1.15 bits per heavy atom. The van der Waals surface area contributed by atoms with Crippen molar-refractivity contribution in [3.05, 3.63) is 52.8 Å². The summed E-state index contributed by atoms with van der Waals surface area (Å²) in [6, 6.07) is 9.71. The van der Waals surface area contributed by atoms with Crippen molar-refractivity contribution in [2.24, 2.45) is 10.7 Å². The van der Waals surface area contributed by atoms with E-state index in [2.05, 4.69) is 10.3 Å². The summed E-state index contributed by atoms with van der Waals surface area (Å²) in [6.07, 6.45) is 0. The maximum absolute atomic E-state index is 13.2. The van der Waals surface area contributed by atoms with Gasteiger partial charge in [-0.3, -0.25) is 4.99 Å². The van der Waals surface area contributed by atoms with Crippen molar-refractivity contribution < 1.29 is 13.9 Å². The zero-order valence-corrected chi connectivity index (χ0v) is 18.8. The summed E-state index contributed by atoms with van der Waals surface area (Å²) >= 11 is 6.16. The van der Waals surface area contributed by atoms with Crippen LogP contribution in [0.15, 0.2) is 41.4 Å². The van der Waals surface area contributed by atoms with E-state index in [1.54, 1.807) is 32.4 Å². The Kier molecular flexibility index (Phi) is 8.61. The second kappa shape index (κ2) is 9.98. The fraction of sp³-hybridized carbons (Fsp3) is 0.316. The van der Waals surface area contributed by atoms with Crippen LogP contribution in [-0.4, -0.2) is 26.7 Å². The topological polar surface area (TPSA) is 68.9 Å². The van der Waals surface area contributed by atoms with E-state index in [0.717, 1.165) is 11.3 Å². The maximum Gasteiger partial charge on any atom is 0.193 e. The van der Waals surface area contributed by atoms with E-state index in [9.17, 15) is 4.39 Å². The van der Waals surface area contributed by atoms with Crippen LogP contribution in [0.25, 0.3) is 0 Å². The molecule has 0 heterocycles. The number of anilines is 1. The summed E-state index contributed by atoms with van der Waals surface area (Å²) in [4.78, 5) is 4.39. The van der Waals surface area contributed by atoms with Gasteiger partial charge in [0.25, 0.3) is 0 Å². The molecule has 8 heteroatoms. The molecule has 0 aromatic heterocycles. The van der Waals surface area contributed by atoms with Gasteiger partial charge >= 0.3 is 0 Å². The number of rotatable bonds is 6. The Morgan fingerprint density at radius 3 is 2.41 bits per heavy atom. The highest BCUT2D eigenvalue weighted by Crippen LogP contribution is 2.31. The van der Waals surface area contributed by atoms with Crippen molar-refractivity contribution in [3.8, 4) is 11.5 Å². The molecule has 0 amide bonds. The van der Waals surface area contributed by atoms with Crippen LogP contribution in [-0.2, 0) is 5.41 Å². The number of nitrogens with zero attached hydrogens (tertiary/aromatic N) is 1. The number of methoxy groups -OCH3 is 2. The number of hydrogen-bond donors (Lipinski definition) is 2. The van der Waals surface area contributed by atoms with Gasteiger partial charge in [0.15, 0.2) is 17.5 Å². The Labute approximate surface area is 181 Å². The molecule has 0 saturated carbocycles. The quantitative estimate of drug-likeness (QED) is 0.334. The average molecular weight is 508 g/mol. The lowest BCUT2D eigenvalue weighted by atomic mass is 9.84. The first kappa shape index (κ1) is 23.3. The Hall–Kier alpha value is -1.74. The highest BCUT2D eigenvalue weighted by molar-refractivity contribution is 14.0. The molecule has 0 atom stereocenters. The van der Waals surface area contributed by atoms with E-state index in [-0.39, 0.29) is 35.8 Å². The number of halogens is 3. The molecule has 2 aromatic carbocycles. The summed E-state index contributed by atoms with van der Waals surface area (Å²) in [5.41, 5.74) is 7.11. The molecule has 148 valence electrons. The normalized spacial score (nSPS) is 11.6. The van der Waals surface area contributed by atoms with E-state index in [0.29, 0.717) is 23.1 Å². The van der Waals surface area contributed by atoms with Crippen LogP contribution in [0.5, 0.6) is 11.5 Å². The van der Waals surface area contributed by atoms with Crippen LogP contribution in [0.2, 0.25) is 5.02 Å². The number of guanidine groups is 1. The third kappa shape index (κ3) is 6.14. The molecule has 0 spiro atoms. The van der Waals surface area contributed by atoms with Gasteiger partial charge in [-0.05, 0) is 29.8 Å². The molecule has 5 nitrogen and oxygen atoms in total. The van der Waals surface area contributed by atoms with Gasteiger partial charge in [0.05, 0.1) is 20.8 Å². The molecule has 27 heavy (non-hydrogen) atoms. The molecule has 2 rings (SSSR count). The van der Waals surface area contributed by atoms with Gasteiger partial charge in [-0.2, -0.15) is 0 Å². The second-order valence-corrected chi connectivity index (χ2v) is 6.81. The molecule has 0 unspecified atom stereocenters. The van der Waals surface area contributed by atoms with Crippen molar-refractivity contribution in [1.29, 1.82) is 0 Å². The SMILES string of the molecule is COc1ccc(NC(N)=NCC(C)(C)c2ccc(F)cc2Cl)cc1OC.I. The molecular weight excluding hydrogens is 484 g/mol. The van der Waals surface area contributed by atoms with Crippen molar-refractivity contribution in [3.63, 3.8) is 0 Å². The molecule has 0 saturated heterocycles. The van der Waals surface area contributed by atoms with Crippen molar-refractivity contribution in [2.75, 3.05) is 26.1 Å². The number of nitrogens with two attached hydrogens (primary N) is 1. The summed E-state index contributed by atoms with van der Waals surface area (Å²) in [5, 5.41) is 3.39. The van der Waals surface area contributed by atoms with Crippen LogP contribution in [0.4, 0.5) is 10.1 Å². The Bertz CT molecular complexity index is 816. The lowest BCUT2D eigenvalue weighted by molar-refractivity contribution is 0.355. The number of hydrogen-bond acceptors (Lipinski definition) is 3. The number of nitrogens with one attached hydrogen (secondary N) is 1. The third-order valence-corrected chi connectivity index (χ3v) is 4.27. The van der Waals surface area contributed by atoms with Crippen LogP contribution >= 0.6 is 35.6 Å². The molecule has 0 bridgehead atoms. The molecule has 0 fully saturated rings. The summed E-state index contributed by atoms with van der Waals surface area (Å²) in [7, 11) is 3.14. The number of ether oxygens (including phenoxy) is 2. The summed E-state index contributed by atoms with van der Waals surface area (Å²) in [6.45, 7) is 4.32. The summed E-state index contributed by atoms with van der Waals surface area (Å²) in [5.74, 6) is 1.10. The fourth-order valence-electron chi connectivity index (χ4n) is 2.51. The van der Waals surface area contributed by atoms with E-state index >= 15 is 0 Å². The molecule has 0 radical (unpaired) electrons. The van der Waals surface area contributed by atoms with Gasteiger partial charge in [0.2, 0.25) is 0 Å². The second-order valence-electron chi connectivity index (χ2n) is 6.40. The minimum atomic E-state index is -0.408. The Morgan fingerprint density at radius 2 is 1.81 bits per heavy atom. The molecule has 0 aliphatic heterocycles. The van der Waals surface area contributed by atoms with Gasteiger partial charge in [-0.15, -0.1) is 24.0 Å². The predicted molar refractivity (Wildman–Crippen MR) is 120 cm³/mol. The minimum Gasteiger partial charge on any atom is -0.493 e. The standard InChI is InChI=1S/C19H23ClFN3O2.HI/c1-19(2,14-7-5-12(21)9-15(14)20)11-23-18(22)24-13-6-8-16(25-3)17(10-13)26-4;/h5-10H,11H2,1-4H3,(H3,22,23,24);1H. The minimum absolute atomic E-state index is 0. The monoisotopic (exact) mass is 507 g/mol. The van der Waals surface area contributed by atoms with Crippen LogP contribution in [0.3, 0.4) is 0 Å². The van der Waals surface area contributed by atoms with E-state index in [4.69, 9.17) is 26.8 Å². The van der Waals surface area contributed by atoms with E-state index in [1.807, 2.05) is 19.9 Å². The molecular formula is C19H24ClFIN3O2. The maximum atomic E-state index is 13.2. The van der Waals surface area contributed by atoms with Crippen LogP contribution in [0.1, 0.15) is 19.4 Å². The van der Waals surface area contributed by atoms with Crippen molar-refractivity contribution in [2.45, 2.75) is 19.3 Å². The van der Waals surface area contributed by atoms with Crippen LogP contribution < -0.4 is 20.5 Å². The highest BCUT2D eigenvalue weighted by atomic mass is 127. The zero-order chi connectivity index (χ0) is 19.3. The first-order valence-corrected chi connectivity index (χ1v) is 8.39. The van der Waals surface area contributed by atoms with Gasteiger partial charge in [0.1, 0.15) is 5.82 Å². The molecule has 0 aliphatic rings. The molecule has 0 aliphatic carbocycles. The predicted octanol–water partition coefficient (Wildman–Crippen LogP) is 4.82. The van der Waals surface area contributed by atoms with E-state index < -0.39 is 5.41 Å². The van der Waals surface area contributed by atoms with Gasteiger partial charge < -0.3 is 20.5 Å². The Balaban J connectivity index is 0.00000364. The smallest absolute Gasteiger partial charge is 0.193 e. The zero-order valence-electron chi connectivity index (χ0n) is 15.7. The average Bonchev–Trinajstić information content (AvgIpc) is 2.59. The molecule has 2 aromatic rings. The van der Waals surface area contributed by atoms with Gasteiger partial charge in [-0.1, -0.05) is 31.5 Å².